The van der Waals surface area contributed by atoms with Crippen molar-refractivity contribution in [3.63, 3.8) is 0 Å². The molecule has 0 radical (unpaired) electrons. The second-order valence-electron chi connectivity index (χ2n) is 4.44. The Bertz CT molecular complexity index is 509. The molecule has 0 heterocycles. The van der Waals surface area contributed by atoms with Crippen LogP contribution in [0.5, 0.6) is 0 Å². The minimum Gasteiger partial charge on any atom is -0.347 e. The summed E-state index contributed by atoms with van der Waals surface area (Å²) in [6.07, 6.45) is 0.0868. The first-order chi connectivity index (χ1) is 9.97. The molecule has 1 rings (SSSR count). The molecule has 7 nitrogen and oxygen atoms in total. The van der Waals surface area contributed by atoms with Gasteiger partial charge in [0, 0.05) is 25.2 Å². The summed E-state index contributed by atoms with van der Waals surface area (Å²) >= 11 is 0. The van der Waals surface area contributed by atoms with Crippen LogP contribution in [0.2, 0.25) is 0 Å². The first-order valence-corrected chi connectivity index (χ1v) is 6.75. The molecule has 0 aliphatic rings. The highest BCUT2D eigenvalue weighted by molar-refractivity contribution is 5.85. The van der Waals surface area contributed by atoms with E-state index in [0.29, 0.717) is 18.7 Å². The average molecular weight is 293 g/mol. The van der Waals surface area contributed by atoms with E-state index >= 15 is 0 Å². The second-order valence-corrected chi connectivity index (χ2v) is 4.44. The van der Waals surface area contributed by atoms with Crippen LogP contribution in [0.1, 0.15) is 19.4 Å². The first kappa shape index (κ1) is 16.6. The molecule has 1 aromatic carbocycles. The molecule has 0 spiro atoms. The molecule has 0 aromatic heterocycles. The third kappa shape index (κ3) is 5.21. The lowest BCUT2D eigenvalue weighted by Gasteiger charge is -2.18. The topological polar surface area (TPSA) is 92.6 Å². The predicted molar refractivity (Wildman–Crippen MR) is 77.7 cm³/mol. The average Bonchev–Trinajstić information content (AvgIpc) is 2.47. The summed E-state index contributed by atoms with van der Waals surface area (Å²) in [6, 6.07) is 5.77. The second kappa shape index (κ2) is 7.98. The van der Waals surface area contributed by atoms with E-state index in [-0.39, 0.29) is 30.5 Å². The Kier molecular flexibility index (Phi) is 6.32. The predicted octanol–water partition coefficient (Wildman–Crippen LogP) is 1.12. The molecule has 0 aliphatic carbocycles. The lowest BCUT2D eigenvalue weighted by Crippen LogP contribution is -2.40. The van der Waals surface area contributed by atoms with Crippen molar-refractivity contribution in [2.45, 2.75) is 20.3 Å². The number of non-ortho nitro benzene ring substituents is 1. The maximum absolute atomic E-state index is 11.7. The van der Waals surface area contributed by atoms with Gasteiger partial charge in [0.1, 0.15) is 0 Å². The standard InChI is InChI=1S/C14H19N3O4/c1-3-16(4-2)14(19)10-15-13(18)9-11-5-7-12(8-6-11)17(20)21/h5-8H,3-4,9-10H2,1-2H3,(H,15,18). The number of amides is 2. The Morgan fingerprint density at radius 1 is 1.19 bits per heavy atom. The number of likely N-dealkylation sites (N-methyl/N-ethyl adjacent to an activating group) is 1. The highest BCUT2D eigenvalue weighted by atomic mass is 16.6. The minimum atomic E-state index is -0.493. The molecule has 0 saturated carbocycles. The van der Waals surface area contributed by atoms with Gasteiger partial charge in [0.2, 0.25) is 11.8 Å². The summed E-state index contributed by atoms with van der Waals surface area (Å²) in [7, 11) is 0. The zero-order valence-electron chi connectivity index (χ0n) is 12.2. The van der Waals surface area contributed by atoms with Crippen molar-refractivity contribution in [2.24, 2.45) is 0 Å². The van der Waals surface area contributed by atoms with Gasteiger partial charge < -0.3 is 10.2 Å². The molecule has 7 heteroatoms. The van der Waals surface area contributed by atoms with Crippen LogP contribution in [0.3, 0.4) is 0 Å². The van der Waals surface area contributed by atoms with Gasteiger partial charge in [-0.15, -0.1) is 0 Å². The van der Waals surface area contributed by atoms with E-state index in [1.165, 1.54) is 24.3 Å². The molecule has 0 bridgehead atoms. The monoisotopic (exact) mass is 293 g/mol. The molecule has 0 atom stereocenters. The van der Waals surface area contributed by atoms with Gasteiger partial charge in [-0.2, -0.15) is 0 Å². The number of hydrogen-bond acceptors (Lipinski definition) is 4. The minimum absolute atomic E-state index is 0.0177. The van der Waals surface area contributed by atoms with Crippen LogP contribution in [0.15, 0.2) is 24.3 Å². The largest absolute Gasteiger partial charge is 0.347 e. The van der Waals surface area contributed by atoms with Crippen molar-refractivity contribution in [2.75, 3.05) is 19.6 Å². The number of benzene rings is 1. The number of nitrogens with one attached hydrogen (secondary N) is 1. The van der Waals surface area contributed by atoms with Crippen LogP contribution in [-0.2, 0) is 16.0 Å². The number of nitrogens with zero attached hydrogens (tertiary/aromatic N) is 2. The Morgan fingerprint density at radius 2 is 1.76 bits per heavy atom. The molecule has 1 aromatic rings. The quantitative estimate of drug-likeness (QED) is 0.602. The number of carbonyl (C=O) groups excluding carboxylic acids is 2. The number of rotatable bonds is 7. The highest BCUT2D eigenvalue weighted by Crippen LogP contribution is 2.12. The molecular weight excluding hydrogens is 274 g/mol. The fourth-order valence-electron chi connectivity index (χ4n) is 1.85. The van der Waals surface area contributed by atoms with Crippen molar-refractivity contribution in [3.8, 4) is 0 Å². The number of nitro benzene ring substituents is 1. The molecular formula is C14H19N3O4. The Hall–Kier alpha value is -2.44. The van der Waals surface area contributed by atoms with E-state index in [1.54, 1.807) is 4.90 Å². The Labute approximate surface area is 123 Å². The number of nitro groups is 1. The molecule has 2 amide bonds. The van der Waals surface area contributed by atoms with Gasteiger partial charge in [-0.3, -0.25) is 19.7 Å². The van der Waals surface area contributed by atoms with Gasteiger partial charge >= 0.3 is 0 Å². The molecule has 114 valence electrons. The smallest absolute Gasteiger partial charge is 0.269 e. The molecule has 1 N–H and O–H groups in total. The van der Waals surface area contributed by atoms with Gasteiger partial charge in [-0.25, -0.2) is 0 Å². The van der Waals surface area contributed by atoms with Crippen LogP contribution >= 0.6 is 0 Å². The van der Waals surface area contributed by atoms with E-state index in [4.69, 9.17) is 0 Å². The fraction of sp³-hybridized carbons (Fsp3) is 0.429. The van der Waals surface area contributed by atoms with E-state index in [2.05, 4.69) is 5.32 Å². The van der Waals surface area contributed by atoms with Crippen LogP contribution in [0.4, 0.5) is 5.69 Å². The SMILES string of the molecule is CCN(CC)C(=O)CNC(=O)Cc1ccc([N+](=O)[O-])cc1. The normalized spacial score (nSPS) is 10.0. The lowest BCUT2D eigenvalue weighted by molar-refractivity contribution is -0.384. The molecule has 21 heavy (non-hydrogen) atoms. The van der Waals surface area contributed by atoms with Gasteiger partial charge in [0.15, 0.2) is 0 Å². The van der Waals surface area contributed by atoms with Crippen LogP contribution in [0, 0.1) is 10.1 Å². The summed E-state index contributed by atoms with van der Waals surface area (Å²) in [5, 5.41) is 13.1. The first-order valence-electron chi connectivity index (χ1n) is 6.75. The summed E-state index contributed by atoms with van der Waals surface area (Å²) in [5.74, 6) is -0.415. The van der Waals surface area contributed by atoms with Gasteiger partial charge in [-0.05, 0) is 19.4 Å². The summed E-state index contributed by atoms with van der Waals surface area (Å²) in [4.78, 5) is 35.1. The van der Waals surface area contributed by atoms with Crippen molar-refractivity contribution in [3.05, 3.63) is 39.9 Å². The van der Waals surface area contributed by atoms with Gasteiger partial charge in [0.05, 0.1) is 17.9 Å². The summed E-state index contributed by atoms with van der Waals surface area (Å²) in [6.45, 7) is 4.93. The van der Waals surface area contributed by atoms with Gasteiger partial charge in [-0.1, -0.05) is 12.1 Å². The zero-order chi connectivity index (χ0) is 15.8. The van der Waals surface area contributed by atoms with E-state index in [1.807, 2.05) is 13.8 Å². The molecule has 0 unspecified atom stereocenters. The summed E-state index contributed by atoms with van der Waals surface area (Å²) in [5.41, 5.74) is 0.643. The van der Waals surface area contributed by atoms with E-state index in [9.17, 15) is 19.7 Å². The zero-order valence-corrected chi connectivity index (χ0v) is 12.2. The van der Waals surface area contributed by atoms with Crippen molar-refractivity contribution < 1.29 is 14.5 Å². The van der Waals surface area contributed by atoms with Crippen LogP contribution < -0.4 is 5.32 Å². The van der Waals surface area contributed by atoms with E-state index < -0.39 is 4.92 Å². The maximum Gasteiger partial charge on any atom is 0.269 e. The van der Waals surface area contributed by atoms with Crippen molar-refractivity contribution in [1.29, 1.82) is 0 Å². The molecule has 0 fully saturated rings. The van der Waals surface area contributed by atoms with Crippen LogP contribution in [0.25, 0.3) is 0 Å². The van der Waals surface area contributed by atoms with Gasteiger partial charge in [0.25, 0.3) is 5.69 Å². The fourth-order valence-corrected chi connectivity index (χ4v) is 1.85. The Morgan fingerprint density at radius 3 is 2.24 bits per heavy atom. The summed E-state index contributed by atoms with van der Waals surface area (Å²) < 4.78 is 0. The number of hydrogen-bond donors (Lipinski definition) is 1. The van der Waals surface area contributed by atoms with E-state index in [0.717, 1.165) is 0 Å². The maximum atomic E-state index is 11.7. The third-order valence-corrected chi connectivity index (χ3v) is 3.06. The van der Waals surface area contributed by atoms with Crippen molar-refractivity contribution >= 4 is 17.5 Å². The van der Waals surface area contributed by atoms with Crippen LogP contribution in [-0.4, -0.2) is 41.3 Å². The molecule has 0 saturated heterocycles. The Balaban J connectivity index is 2.47. The third-order valence-electron chi connectivity index (χ3n) is 3.06. The molecule has 0 aliphatic heterocycles. The number of carbonyl (C=O) groups is 2. The highest BCUT2D eigenvalue weighted by Gasteiger charge is 2.12. The lowest BCUT2D eigenvalue weighted by atomic mass is 10.1. The van der Waals surface area contributed by atoms with Crippen molar-refractivity contribution in [1.82, 2.24) is 10.2 Å².